The molecule has 0 aromatic carbocycles. The van der Waals surface area contributed by atoms with Gasteiger partial charge in [-0.3, -0.25) is 28.8 Å². The van der Waals surface area contributed by atoms with Crippen molar-refractivity contribution in [2.24, 2.45) is 7.05 Å². The molecule has 4 rings (SSSR count). The fourth-order valence-electron chi connectivity index (χ4n) is 3.12. The number of hydrogen-bond donors (Lipinski definition) is 0. The normalized spacial score (nSPS) is 14.8. The van der Waals surface area contributed by atoms with Crippen molar-refractivity contribution in [3.8, 4) is 0 Å². The molecule has 0 unspecified atom stereocenters. The Morgan fingerprint density at radius 2 is 2.04 bits per heavy atom. The number of fused-ring (bicyclic) bond motifs is 1. The molecule has 11 heteroatoms. The molecule has 1 saturated heterocycles. The average Bonchev–Trinajstić information content (AvgIpc) is 3.07. The van der Waals surface area contributed by atoms with E-state index in [-0.39, 0.29) is 23.9 Å². The Kier molecular flexibility index (Phi) is 3.83. The number of nitrogens with zero attached hydrogens (tertiary/aromatic N) is 7. The van der Waals surface area contributed by atoms with E-state index in [1.165, 1.54) is 11.1 Å². The maximum Gasteiger partial charge on any atom is 0.376 e. The Morgan fingerprint density at radius 3 is 2.70 bits per heavy atom. The fraction of sp³-hybridized carbons (Fsp3) is 0.250. The highest BCUT2D eigenvalue weighted by Crippen LogP contribution is 2.25. The van der Waals surface area contributed by atoms with Crippen LogP contribution in [0.5, 0.6) is 0 Å². The minimum absolute atomic E-state index is 0.0876. The Hall–Kier alpha value is -3.76. The molecule has 0 N–H and O–H groups in total. The summed E-state index contributed by atoms with van der Waals surface area (Å²) in [6.07, 6.45) is 4.72. The van der Waals surface area contributed by atoms with Crippen LogP contribution in [0.15, 0.2) is 41.6 Å². The largest absolute Gasteiger partial charge is 0.376 e. The molecule has 0 bridgehead atoms. The van der Waals surface area contributed by atoms with Crippen molar-refractivity contribution in [2.75, 3.05) is 29.4 Å². The number of anilines is 2. The number of hydrogen-bond acceptors (Lipinski definition) is 7. The Bertz CT molecular complexity index is 1120. The van der Waals surface area contributed by atoms with Crippen molar-refractivity contribution < 1.29 is 9.72 Å². The minimum atomic E-state index is -0.775. The summed E-state index contributed by atoms with van der Waals surface area (Å²) in [6, 6.07) is 4.86. The Labute approximate surface area is 152 Å². The predicted octanol–water partition coefficient (Wildman–Crippen LogP) is 0.189. The van der Waals surface area contributed by atoms with Crippen LogP contribution in [0.3, 0.4) is 0 Å². The van der Waals surface area contributed by atoms with E-state index in [9.17, 15) is 19.7 Å². The molecular weight excluding hydrogens is 354 g/mol. The first-order valence-electron chi connectivity index (χ1n) is 8.15. The van der Waals surface area contributed by atoms with Gasteiger partial charge in [0.05, 0.1) is 23.4 Å². The summed E-state index contributed by atoms with van der Waals surface area (Å²) in [6.45, 7) is 0.486. The number of aryl methyl sites for hydroxylation is 1. The number of amides is 1. The van der Waals surface area contributed by atoms with Gasteiger partial charge in [-0.15, -0.1) is 0 Å². The number of aromatic nitrogens is 4. The van der Waals surface area contributed by atoms with Crippen molar-refractivity contribution in [2.45, 2.75) is 0 Å². The number of piperazine rings is 1. The van der Waals surface area contributed by atoms with Gasteiger partial charge in [-0.1, -0.05) is 6.07 Å². The lowest BCUT2D eigenvalue weighted by Crippen LogP contribution is -2.51. The third-order valence-electron chi connectivity index (χ3n) is 4.40. The summed E-state index contributed by atoms with van der Waals surface area (Å²) in [5, 5.41) is 15.6. The zero-order chi connectivity index (χ0) is 19.1. The SMILES string of the molecule is Cn1cc(N2CCN(c3nc4ccccn4c(=O)c3[N+](=O)[O-])CC2=O)cn1. The van der Waals surface area contributed by atoms with E-state index in [0.717, 1.165) is 4.40 Å². The Balaban J connectivity index is 1.73. The van der Waals surface area contributed by atoms with Gasteiger partial charge in [0.1, 0.15) is 5.65 Å². The average molecular weight is 369 g/mol. The molecule has 3 aromatic rings. The molecular formula is C16H15N7O4. The second-order valence-corrected chi connectivity index (χ2v) is 6.11. The number of carbonyl (C=O) groups is 1. The van der Waals surface area contributed by atoms with E-state index < -0.39 is 16.2 Å². The van der Waals surface area contributed by atoms with E-state index >= 15 is 0 Å². The number of nitro groups is 1. The van der Waals surface area contributed by atoms with Crippen LogP contribution in [0.2, 0.25) is 0 Å². The predicted molar refractivity (Wildman–Crippen MR) is 95.9 cm³/mol. The van der Waals surface area contributed by atoms with Crippen molar-refractivity contribution >= 4 is 28.7 Å². The van der Waals surface area contributed by atoms with Crippen LogP contribution in [0.1, 0.15) is 0 Å². The third kappa shape index (κ3) is 2.78. The van der Waals surface area contributed by atoms with Gasteiger partial charge in [0, 0.05) is 32.5 Å². The van der Waals surface area contributed by atoms with E-state index in [1.807, 2.05) is 0 Å². The molecule has 0 aliphatic carbocycles. The number of pyridine rings is 1. The third-order valence-corrected chi connectivity index (χ3v) is 4.40. The molecule has 3 aromatic heterocycles. The highest BCUT2D eigenvalue weighted by molar-refractivity contribution is 5.97. The standard InChI is InChI=1S/C16H15N7O4/c1-19-9-11(8-17-19)21-7-6-20(10-13(21)24)15-14(23(26)27)16(25)22-5-3-2-4-12(22)18-15/h2-5,8-9H,6-7,10H2,1H3. The van der Waals surface area contributed by atoms with Gasteiger partial charge in [-0.2, -0.15) is 5.10 Å². The fourth-order valence-corrected chi connectivity index (χ4v) is 3.12. The first kappa shape index (κ1) is 16.7. The van der Waals surface area contributed by atoms with Crippen LogP contribution < -0.4 is 15.4 Å². The first-order valence-corrected chi connectivity index (χ1v) is 8.15. The maximum absolute atomic E-state index is 12.6. The molecule has 0 saturated carbocycles. The van der Waals surface area contributed by atoms with Gasteiger partial charge in [0.2, 0.25) is 11.7 Å². The zero-order valence-electron chi connectivity index (χ0n) is 14.3. The summed E-state index contributed by atoms with van der Waals surface area (Å²) >= 11 is 0. The molecule has 0 radical (unpaired) electrons. The van der Waals surface area contributed by atoms with Gasteiger partial charge in [0.25, 0.3) is 0 Å². The molecule has 4 heterocycles. The van der Waals surface area contributed by atoms with E-state index in [2.05, 4.69) is 10.1 Å². The number of rotatable bonds is 3. The zero-order valence-corrected chi connectivity index (χ0v) is 14.3. The summed E-state index contributed by atoms with van der Waals surface area (Å²) in [5.41, 5.74) is -0.475. The van der Waals surface area contributed by atoms with Crippen LogP contribution in [-0.2, 0) is 11.8 Å². The molecule has 1 fully saturated rings. The van der Waals surface area contributed by atoms with Gasteiger partial charge in [-0.05, 0) is 12.1 Å². The van der Waals surface area contributed by atoms with Crippen LogP contribution in [0.4, 0.5) is 17.2 Å². The lowest BCUT2D eigenvalue weighted by Gasteiger charge is -2.33. The van der Waals surface area contributed by atoms with Crippen LogP contribution in [0.25, 0.3) is 5.65 Å². The van der Waals surface area contributed by atoms with E-state index in [1.54, 1.807) is 47.2 Å². The molecule has 1 amide bonds. The van der Waals surface area contributed by atoms with Crippen LogP contribution in [-0.4, -0.2) is 49.6 Å². The Morgan fingerprint density at radius 1 is 1.22 bits per heavy atom. The smallest absolute Gasteiger partial charge is 0.340 e. The number of carbonyl (C=O) groups excluding carboxylic acids is 1. The van der Waals surface area contributed by atoms with Gasteiger partial charge in [0.15, 0.2) is 0 Å². The van der Waals surface area contributed by atoms with Crippen LogP contribution in [0, 0.1) is 10.1 Å². The molecule has 1 aliphatic rings. The molecule has 27 heavy (non-hydrogen) atoms. The topological polar surface area (TPSA) is 119 Å². The first-order chi connectivity index (χ1) is 13.0. The van der Waals surface area contributed by atoms with Crippen molar-refractivity contribution in [3.05, 3.63) is 57.3 Å². The molecule has 0 spiro atoms. The summed E-state index contributed by atoms with van der Waals surface area (Å²) in [4.78, 5) is 43.2. The monoisotopic (exact) mass is 369 g/mol. The molecule has 11 nitrogen and oxygen atoms in total. The van der Waals surface area contributed by atoms with Gasteiger partial charge < -0.3 is 9.80 Å². The lowest BCUT2D eigenvalue weighted by atomic mass is 10.2. The maximum atomic E-state index is 12.6. The van der Waals surface area contributed by atoms with Crippen molar-refractivity contribution in [1.29, 1.82) is 0 Å². The highest BCUT2D eigenvalue weighted by atomic mass is 16.6. The summed E-state index contributed by atoms with van der Waals surface area (Å²) in [7, 11) is 1.75. The summed E-state index contributed by atoms with van der Waals surface area (Å²) in [5.74, 6) is -0.339. The second-order valence-electron chi connectivity index (χ2n) is 6.11. The van der Waals surface area contributed by atoms with Crippen molar-refractivity contribution in [1.82, 2.24) is 19.2 Å². The van der Waals surface area contributed by atoms with E-state index in [4.69, 9.17) is 0 Å². The minimum Gasteiger partial charge on any atom is -0.340 e. The van der Waals surface area contributed by atoms with Gasteiger partial charge >= 0.3 is 11.2 Å². The molecule has 138 valence electrons. The van der Waals surface area contributed by atoms with E-state index in [0.29, 0.717) is 18.8 Å². The lowest BCUT2D eigenvalue weighted by molar-refractivity contribution is -0.385. The van der Waals surface area contributed by atoms with Crippen molar-refractivity contribution in [3.63, 3.8) is 0 Å². The summed E-state index contributed by atoms with van der Waals surface area (Å²) < 4.78 is 2.71. The highest BCUT2D eigenvalue weighted by Gasteiger charge is 2.33. The quantitative estimate of drug-likeness (QED) is 0.477. The van der Waals surface area contributed by atoms with Crippen LogP contribution >= 0.6 is 0 Å². The second kappa shape index (κ2) is 6.20. The van der Waals surface area contributed by atoms with Gasteiger partial charge in [-0.25, -0.2) is 4.98 Å². The molecule has 1 aliphatic heterocycles. The molecule has 0 atom stereocenters.